The molecule has 1 saturated heterocycles. The molecule has 2 heterocycles. The SMILES string of the molecule is Cc1c(C2CCN(C(C)(C)C)CC2)nn(-c2ccccc2)c1N. The minimum atomic E-state index is 0.252. The normalized spacial score (nSPS) is 17.6. The number of rotatable bonds is 2. The first kappa shape index (κ1) is 16.1. The maximum absolute atomic E-state index is 6.33. The van der Waals surface area contributed by atoms with Crippen LogP contribution in [0, 0.1) is 6.92 Å². The third kappa shape index (κ3) is 3.13. The van der Waals surface area contributed by atoms with Gasteiger partial charge in [0.1, 0.15) is 5.82 Å². The van der Waals surface area contributed by atoms with Gasteiger partial charge in [0.15, 0.2) is 0 Å². The van der Waals surface area contributed by atoms with Crippen LogP contribution >= 0.6 is 0 Å². The van der Waals surface area contributed by atoms with Crippen LogP contribution in [0.25, 0.3) is 5.69 Å². The molecule has 1 fully saturated rings. The van der Waals surface area contributed by atoms with Gasteiger partial charge < -0.3 is 5.73 Å². The van der Waals surface area contributed by atoms with Crippen molar-refractivity contribution in [3.05, 3.63) is 41.6 Å². The van der Waals surface area contributed by atoms with Crippen molar-refractivity contribution in [3.63, 3.8) is 0 Å². The predicted octanol–water partition coefficient (Wildman–Crippen LogP) is 3.74. The fraction of sp³-hybridized carbons (Fsp3) is 0.526. The molecule has 1 aliphatic heterocycles. The molecule has 124 valence electrons. The molecule has 0 radical (unpaired) electrons. The van der Waals surface area contributed by atoms with E-state index in [1.54, 1.807) is 0 Å². The average molecular weight is 312 g/mol. The van der Waals surface area contributed by atoms with Crippen LogP contribution in [0.1, 0.15) is 50.8 Å². The van der Waals surface area contributed by atoms with E-state index in [0.29, 0.717) is 5.92 Å². The molecule has 1 aliphatic rings. The topological polar surface area (TPSA) is 47.1 Å². The number of likely N-dealkylation sites (tertiary alicyclic amines) is 1. The maximum atomic E-state index is 6.33. The summed E-state index contributed by atoms with van der Waals surface area (Å²) in [5, 5.41) is 4.86. The van der Waals surface area contributed by atoms with Crippen molar-refractivity contribution in [2.45, 2.75) is 52.0 Å². The molecule has 0 spiro atoms. The van der Waals surface area contributed by atoms with Gasteiger partial charge in [-0.25, -0.2) is 4.68 Å². The summed E-state index contributed by atoms with van der Waals surface area (Å²) >= 11 is 0. The molecule has 2 aromatic rings. The first-order chi connectivity index (χ1) is 10.9. The van der Waals surface area contributed by atoms with E-state index >= 15 is 0 Å². The van der Waals surface area contributed by atoms with Gasteiger partial charge in [0.2, 0.25) is 0 Å². The minimum absolute atomic E-state index is 0.252. The van der Waals surface area contributed by atoms with Gasteiger partial charge in [-0.2, -0.15) is 5.10 Å². The highest BCUT2D eigenvalue weighted by molar-refractivity contribution is 5.50. The molecule has 0 aliphatic carbocycles. The van der Waals surface area contributed by atoms with Crippen LogP contribution in [0.4, 0.5) is 5.82 Å². The molecule has 1 aromatic heterocycles. The van der Waals surface area contributed by atoms with Gasteiger partial charge in [-0.1, -0.05) is 18.2 Å². The molecule has 1 aromatic carbocycles. The van der Waals surface area contributed by atoms with Gasteiger partial charge in [-0.05, 0) is 65.8 Å². The maximum Gasteiger partial charge on any atom is 0.130 e. The van der Waals surface area contributed by atoms with Crippen LogP contribution in [-0.2, 0) is 0 Å². The quantitative estimate of drug-likeness (QED) is 0.919. The Bertz CT molecular complexity index is 659. The van der Waals surface area contributed by atoms with Crippen LogP contribution in [-0.4, -0.2) is 33.3 Å². The molecule has 0 bridgehead atoms. The van der Waals surface area contributed by atoms with E-state index in [2.05, 4.69) is 44.7 Å². The first-order valence-corrected chi connectivity index (χ1v) is 8.53. The molecule has 4 heteroatoms. The van der Waals surface area contributed by atoms with Crippen LogP contribution in [0.5, 0.6) is 0 Å². The lowest BCUT2D eigenvalue weighted by molar-refractivity contribution is 0.101. The smallest absolute Gasteiger partial charge is 0.130 e. The Morgan fingerprint density at radius 1 is 1.09 bits per heavy atom. The second kappa shape index (κ2) is 6.00. The van der Waals surface area contributed by atoms with Crippen molar-refractivity contribution in [1.82, 2.24) is 14.7 Å². The summed E-state index contributed by atoms with van der Waals surface area (Å²) in [6, 6.07) is 10.2. The molecule has 0 atom stereocenters. The second-order valence-electron chi connectivity index (χ2n) is 7.57. The Labute approximate surface area is 139 Å². The summed E-state index contributed by atoms with van der Waals surface area (Å²) in [6.45, 7) is 11.2. The van der Waals surface area contributed by atoms with E-state index in [-0.39, 0.29) is 5.54 Å². The number of nitrogens with two attached hydrogens (primary N) is 1. The zero-order valence-electron chi connectivity index (χ0n) is 14.7. The summed E-state index contributed by atoms with van der Waals surface area (Å²) in [7, 11) is 0. The molecule has 0 unspecified atom stereocenters. The number of hydrogen-bond donors (Lipinski definition) is 1. The van der Waals surface area contributed by atoms with Crippen LogP contribution in [0.3, 0.4) is 0 Å². The van der Waals surface area contributed by atoms with E-state index in [4.69, 9.17) is 10.8 Å². The van der Waals surface area contributed by atoms with E-state index < -0.39 is 0 Å². The predicted molar refractivity (Wildman–Crippen MR) is 96.0 cm³/mol. The van der Waals surface area contributed by atoms with E-state index in [9.17, 15) is 0 Å². The number of para-hydroxylation sites is 1. The number of anilines is 1. The molecule has 0 amide bonds. The fourth-order valence-corrected chi connectivity index (χ4v) is 3.50. The third-order valence-corrected chi connectivity index (χ3v) is 5.04. The monoisotopic (exact) mass is 312 g/mol. The molecule has 4 nitrogen and oxygen atoms in total. The highest BCUT2D eigenvalue weighted by atomic mass is 15.3. The number of piperidine rings is 1. The summed E-state index contributed by atoms with van der Waals surface area (Å²) in [6.07, 6.45) is 2.31. The molecular formula is C19H28N4. The van der Waals surface area contributed by atoms with E-state index in [1.165, 1.54) is 5.69 Å². The average Bonchev–Trinajstić information content (AvgIpc) is 2.84. The number of nitrogen functional groups attached to an aromatic ring is 1. The second-order valence-corrected chi connectivity index (χ2v) is 7.57. The Kier molecular flexibility index (Phi) is 4.19. The number of aromatic nitrogens is 2. The summed E-state index contributed by atoms with van der Waals surface area (Å²) in [5.41, 5.74) is 9.94. The highest BCUT2D eigenvalue weighted by Gasteiger charge is 2.30. The number of nitrogens with zero attached hydrogens (tertiary/aromatic N) is 3. The molecule has 0 saturated carbocycles. The lowest BCUT2D eigenvalue weighted by atomic mass is 9.89. The van der Waals surface area contributed by atoms with Gasteiger partial charge in [0, 0.05) is 17.0 Å². The Balaban J connectivity index is 1.83. The fourth-order valence-electron chi connectivity index (χ4n) is 3.50. The standard InChI is InChI=1S/C19H28N4/c1-14-17(15-10-12-22(13-11-15)19(2,3)4)21-23(18(14)20)16-8-6-5-7-9-16/h5-9,15H,10-13,20H2,1-4H3. The zero-order chi connectivity index (χ0) is 16.6. The Hall–Kier alpha value is -1.81. The molecule has 3 rings (SSSR count). The zero-order valence-corrected chi connectivity index (χ0v) is 14.7. The van der Waals surface area contributed by atoms with Crippen molar-refractivity contribution in [3.8, 4) is 5.69 Å². The van der Waals surface area contributed by atoms with Gasteiger partial charge in [-0.15, -0.1) is 0 Å². The number of hydrogen-bond acceptors (Lipinski definition) is 3. The van der Waals surface area contributed by atoms with E-state index in [0.717, 1.165) is 43.0 Å². The summed E-state index contributed by atoms with van der Waals surface area (Å²) in [4.78, 5) is 2.57. The molecule has 23 heavy (non-hydrogen) atoms. The highest BCUT2D eigenvalue weighted by Crippen LogP contribution is 2.34. The van der Waals surface area contributed by atoms with Crippen LogP contribution < -0.4 is 5.73 Å². The minimum Gasteiger partial charge on any atom is -0.383 e. The van der Waals surface area contributed by atoms with Crippen molar-refractivity contribution in [1.29, 1.82) is 0 Å². The Morgan fingerprint density at radius 3 is 2.26 bits per heavy atom. The van der Waals surface area contributed by atoms with Gasteiger partial charge >= 0.3 is 0 Å². The van der Waals surface area contributed by atoms with Crippen molar-refractivity contribution >= 4 is 5.82 Å². The summed E-state index contributed by atoms with van der Waals surface area (Å²) < 4.78 is 1.89. The largest absolute Gasteiger partial charge is 0.383 e. The lowest BCUT2D eigenvalue weighted by Crippen LogP contribution is -2.45. The third-order valence-electron chi connectivity index (χ3n) is 5.04. The van der Waals surface area contributed by atoms with Gasteiger partial charge in [-0.3, -0.25) is 4.90 Å². The summed E-state index contributed by atoms with van der Waals surface area (Å²) in [5.74, 6) is 1.28. The van der Waals surface area contributed by atoms with Crippen LogP contribution in [0.15, 0.2) is 30.3 Å². The van der Waals surface area contributed by atoms with Gasteiger partial charge in [0.05, 0.1) is 11.4 Å². The lowest BCUT2D eigenvalue weighted by Gasteiger charge is -2.40. The molecular weight excluding hydrogens is 284 g/mol. The van der Waals surface area contributed by atoms with E-state index in [1.807, 2.05) is 22.9 Å². The van der Waals surface area contributed by atoms with Crippen molar-refractivity contribution < 1.29 is 0 Å². The van der Waals surface area contributed by atoms with Gasteiger partial charge in [0.25, 0.3) is 0 Å². The van der Waals surface area contributed by atoms with Crippen molar-refractivity contribution in [2.24, 2.45) is 0 Å². The van der Waals surface area contributed by atoms with Crippen LogP contribution in [0.2, 0.25) is 0 Å². The first-order valence-electron chi connectivity index (χ1n) is 8.53. The van der Waals surface area contributed by atoms with Crippen molar-refractivity contribution in [2.75, 3.05) is 18.8 Å². The number of benzene rings is 1. The Morgan fingerprint density at radius 2 is 1.70 bits per heavy atom. The molecule has 2 N–H and O–H groups in total.